The first-order chi connectivity index (χ1) is 8.05. The van der Waals surface area contributed by atoms with Crippen molar-refractivity contribution in [2.24, 2.45) is 11.7 Å². The minimum atomic E-state index is -0.352. The lowest BCUT2D eigenvalue weighted by Gasteiger charge is -2.36. The van der Waals surface area contributed by atoms with E-state index >= 15 is 0 Å². The van der Waals surface area contributed by atoms with Crippen molar-refractivity contribution in [1.82, 2.24) is 9.80 Å². The average molecular weight is 241 g/mol. The SMILES string of the molecule is CN(C)CC1CCCN1CC(N)(CO)C1CC1. The molecule has 17 heavy (non-hydrogen) atoms. The number of hydrogen-bond acceptors (Lipinski definition) is 4. The van der Waals surface area contributed by atoms with Gasteiger partial charge in [-0.2, -0.15) is 0 Å². The Morgan fingerprint density at radius 1 is 1.35 bits per heavy atom. The van der Waals surface area contributed by atoms with E-state index in [4.69, 9.17) is 5.73 Å². The number of aliphatic hydroxyl groups excluding tert-OH is 1. The molecule has 0 bridgehead atoms. The molecule has 4 nitrogen and oxygen atoms in total. The van der Waals surface area contributed by atoms with Gasteiger partial charge in [-0.05, 0) is 52.2 Å². The smallest absolute Gasteiger partial charge is 0.0626 e. The molecule has 1 saturated heterocycles. The van der Waals surface area contributed by atoms with Crippen LogP contribution in [0.2, 0.25) is 0 Å². The van der Waals surface area contributed by atoms with Gasteiger partial charge >= 0.3 is 0 Å². The molecule has 0 aromatic heterocycles. The van der Waals surface area contributed by atoms with Gasteiger partial charge in [-0.25, -0.2) is 0 Å². The van der Waals surface area contributed by atoms with Crippen LogP contribution in [0.15, 0.2) is 0 Å². The van der Waals surface area contributed by atoms with Crippen LogP contribution >= 0.6 is 0 Å². The van der Waals surface area contributed by atoms with Crippen LogP contribution in [0.25, 0.3) is 0 Å². The molecule has 100 valence electrons. The maximum atomic E-state index is 9.56. The number of nitrogens with zero attached hydrogens (tertiary/aromatic N) is 2. The third-order valence-corrected chi connectivity index (χ3v) is 4.26. The lowest BCUT2D eigenvalue weighted by Crippen LogP contribution is -2.56. The monoisotopic (exact) mass is 241 g/mol. The standard InChI is InChI=1S/C13H27N3O/c1-15(2)8-12-4-3-7-16(12)9-13(14,10-17)11-5-6-11/h11-12,17H,3-10,14H2,1-2H3. The van der Waals surface area contributed by atoms with Crippen LogP contribution in [-0.4, -0.2) is 66.8 Å². The highest BCUT2D eigenvalue weighted by atomic mass is 16.3. The average Bonchev–Trinajstić information content (AvgIpc) is 3.04. The maximum Gasteiger partial charge on any atom is 0.0626 e. The summed E-state index contributed by atoms with van der Waals surface area (Å²) < 4.78 is 0. The molecule has 0 spiro atoms. The lowest BCUT2D eigenvalue weighted by molar-refractivity contribution is 0.106. The van der Waals surface area contributed by atoms with Crippen molar-refractivity contribution in [3.05, 3.63) is 0 Å². The van der Waals surface area contributed by atoms with E-state index in [-0.39, 0.29) is 12.1 Å². The second kappa shape index (κ2) is 5.22. The van der Waals surface area contributed by atoms with Crippen LogP contribution in [-0.2, 0) is 0 Å². The minimum Gasteiger partial charge on any atom is -0.394 e. The fourth-order valence-electron chi connectivity index (χ4n) is 3.08. The van der Waals surface area contributed by atoms with E-state index < -0.39 is 0 Å². The van der Waals surface area contributed by atoms with Crippen molar-refractivity contribution in [2.75, 3.05) is 40.3 Å². The maximum absolute atomic E-state index is 9.56. The van der Waals surface area contributed by atoms with Gasteiger partial charge in [0.1, 0.15) is 0 Å². The van der Waals surface area contributed by atoms with Gasteiger partial charge in [-0.3, -0.25) is 4.90 Å². The van der Waals surface area contributed by atoms with Crippen molar-refractivity contribution >= 4 is 0 Å². The van der Waals surface area contributed by atoms with Crippen LogP contribution in [0.3, 0.4) is 0 Å². The molecule has 1 aliphatic heterocycles. The van der Waals surface area contributed by atoms with Gasteiger partial charge in [0.25, 0.3) is 0 Å². The first-order valence-electron chi connectivity index (χ1n) is 6.83. The van der Waals surface area contributed by atoms with Crippen molar-refractivity contribution in [3.63, 3.8) is 0 Å². The van der Waals surface area contributed by atoms with Crippen LogP contribution in [0.1, 0.15) is 25.7 Å². The molecule has 1 saturated carbocycles. The fraction of sp³-hybridized carbons (Fsp3) is 1.00. The van der Waals surface area contributed by atoms with Crippen molar-refractivity contribution < 1.29 is 5.11 Å². The Morgan fingerprint density at radius 3 is 2.59 bits per heavy atom. The van der Waals surface area contributed by atoms with E-state index in [1.54, 1.807) is 0 Å². The van der Waals surface area contributed by atoms with Crippen molar-refractivity contribution in [3.8, 4) is 0 Å². The zero-order valence-corrected chi connectivity index (χ0v) is 11.2. The molecule has 2 unspecified atom stereocenters. The number of likely N-dealkylation sites (N-methyl/N-ethyl adjacent to an activating group) is 1. The molecule has 4 heteroatoms. The van der Waals surface area contributed by atoms with Gasteiger partial charge in [-0.15, -0.1) is 0 Å². The summed E-state index contributed by atoms with van der Waals surface area (Å²) in [5.74, 6) is 0.549. The van der Waals surface area contributed by atoms with Gasteiger partial charge < -0.3 is 15.7 Å². The first kappa shape index (κ1) is 13.3. The summed E-state index contributed by atoms with van der Waals surface area (Å²) in [4.78, 5) is 4.74. The topological polar surface area (TPSA) is 52.7 Å². The molecular weight excluding hydrogens is 214 g/mol. The summed E-state index contributed by atoms with van der Waals surface area (Å²) in [6.45, 7) is 3.24. The highest BCUT2D eigenvalue weighted by molar-refractivity contribution is 5.02. The molecule has 2 atom stereocenters. The number of aliphatic hydroxyl groups is 1. The molecule has 3 N–H and O–H groups in total. The zero-order chi connectivity index (χ0) is 12.5. The summed E-state index contributed by atoms with van der Waals surface area (Å²) in [7, 11) is 4.25. The number of nitrogens with two attached hydrogens (primary N) is 1. The molecule has 2 aliphatic rings. The molecule has 0 aromatic rings. The number of hydrogen-bond donors (Lipinski definition) is 2. The summed E-state index contributed by atoms with van der Waals surface area (Å²) in [5, 5.41) is 9.56. The predicted octanol–water partition coefficient (Wildman–Crippen LogP) is 0.112. The quantitative estimate of drug-likeness (QED) is 0.693. The van der Waals surface area contributed by atoms with Gasteiger partial charge in [0, 0.05) is 19.1 Å². The van der Waals surface area contributed by atoms with Crippen molar-refractivity contribution in [2.45, 2.75) is 37.3 Å². The fourth-order valence-corrected chi connectivity index (χ4v) is 3.08. The second-order valence-electron chi connectivity index (χ2n) is 6.19. The summed E-state index contributed by atoms with van der Waals surface area (Å²) in [5.41, 5.74) is 6.02. The van der Waals surface area contributed by atoms with Crippen LogP contribution in [0, 0.1) is 5.92 Å². The first-order valence-corrected chi connectivity index (χ1v) is 6.83. The normalized spacial score (nSPS) is 29.8. The third kappa shape index (κ3) is 3.19. The Labute approximate surface area is 105 Å². The molecule has 2 fully saturated rings. The molecular formula is C13H27N3O. The van der Waals surface area contributed by atoms with Gasteiger partial charge in [0.2, 0.25) is 0 Å². The minimum absolute atomic E-state index is 0.128. The van der Waals surface area contributed by atoms with E-state index in [1.807, 2.05) is 0 Å². The highest BCUT2D eigenvalue weighted by Crippen LogP contribution is 2.39. The largest absolute Gasteiger partial charge is 0.394 e. The van der Waals surface area contributed by atoms with E-state index in [9.17, 15) is 5.11 Å². The molecule has 1 heterocycles. The Morgan fingerprint density at radius 2 is 2.06 bits per heavy atom. The van der Waals surface area contributed by atoms with Gasteiger partial charge in [-0.1, -0.05) is 0 Å². The molecule has 1 aliphatic carbocycles. The predicted molar refractivity (Wildman–Crippen MR) is 69.9 cm³/mol. The van der Waals surface area contributed by atoms with E-state index in [0.29, 0.717) is 12.0 Å². The number of rotatable bonds is 6. The molecule has 0 radical (unpaired) electrons. The lowest BCUT2D eigenvalue weighted by atomic mass is 9.94. The van der Waals surface area contributed by atoms with E-state index in [1.165, 1.54) is 25.7 Å². The highest BCUT2D eigenvalue weighted by Gasteiger charge is 2.44. The second-order valence-corrected chi connectivity index (χ2v) is 6.19. The van der Waals surface area contributed by atoms with Crippen LogP contribution in [0.4, 0.5) is 0 Å². The van der Waals surface area contributed by atoms with E-state index in [0.717, 1.165) is 19.6 Å². The molecule has 2 rings (SSSR count). The third-order valence-electron chi connectivity index (χ3n) is 4.26. The van der Waals surface area contributed by atoms with Gasteiger partial charge in [0.05, 0.1) is 12.1 Å². The molecule has 0 aromatic carbocycles. The summed E-state index contributed by atoms with van der Waals surface area (Å²) in [6, 6.07) is 0.623. The van der Waals surface area contributed by atoms with Gasteiger partial charge in [0.15, 0.2) is 0 Å². The summed E-state index contributed by atoms with van der Waals surface area (Å²) >= 11 is 0. The van der Waals surface area contributed by atoms with E-state index in [2.05, 4.69) is 23.9 Å². The Balaban J connectivity index is 1.92. The summed E-state index contributed by atoms with van der Waals surface area (Å²) in [6.07, 6.45) is 4.93. The Kier molecular flexibility index (Phi) is 4.08. The zero-order valence-electron chi connectivity index (χ0n) is 11.2. The number of likely N-dealkylation sites (tertiary alicyclic amines) is 1. The van der Waals surface area contributed by atoms with Crippen LogP contribution < -0.4 is 5.73 Å². The Bertz CT molecular complexity index is 255. The van der Waals surface area contributed by atoms with Crippen molar-refractivity contribution in [1.29, 1.82) is 0 Å². The van der Waals surface area contributed by atoms with Crippen LogP contribution in [0.5, 0.6) is 0 Å². The molecule has 0 amide bonds. The Hall–Kier alpha value is -0.160.